The summed E-state index contributed by atoms with van der Waals surface area (Å²) in [4.78, 5) is 0. The fourth-order valence-electron chi connectivity index (χ4n) is 0.406. The van der Waals surface area contributed by atoms with Gasteiger partial charge in [-0.2, -0.15) is 0 Å². The highest BCUT2D eigenvalue weighted by Crippen LogP contribution is 2.14. The molecule has 0 unspecified atom stereocenters. The van der Waals surface area contributed by atoms with Crippen LogP contribution in [0.4, 0.5) is 0 Å². The summed E-state index contributed by atoms with van der Waals surface area (Å²) in [7, 11) is 1.60. The first kappa shape index (κ1) is 5.87. The first-order valence-corrected chi connectivity index (χ1v) is 3.15. The zero-order chi connectivity index (χ0) is 5.98. The first-order valence-electron chi connectivity index (χ1n) is 2.08. The van der Waals surface area contributed by atoms with Crippen LogP contribution in [0.5, 0.6) is 5.88 Å². The van der Waals surface area contributed by atoms with Gasteiger partial charge in [0.05, 0.1) is 10.7 Å². The second kappa shape index (κ2) is 2.34. The number of halogens is 1. The lowest BCUT2D eigenvalue weighted by Crippen LogP contribution is -1.82. The predicted molar refractivity (Wildman–Crippen MR) is 37.9 cm³/mol. The molecular formula is C4H5IN2O. The van der Waals surface area contributed by atoms with E-state index in [-0.39, 0.29) is 0 Å². The van der Waals surface area contributed by atoms with Crippen LogP contribution in [0, 0.1) is 3.57 Å². The van der Waals surface area contributed by atoms with Gasteiger partial charge in [-0.15, -0.1) is 5.10 Å². The van der Waals surface area contributed by atoms with E-state index in [0.717, 1.165) is 3.57 Å². The van der Waals surface area contributed by atoms with Crippen LogP contribution < -0.4 is 4.74 Å². The van der Waals surface area contributed by atoms with Crippen molar-refractivity contribution in [2.45, 2.75) is 0 Å². The number of methoxy groups -OCH3 is 1. The minimum Gasteiger partial charge on any atom is -0.479 e. The highest BCUT2D eigenvalue weighted by Gasteiger charge is 1.97. The third-order valence-electron chi connectivity index (χ3n) is 0.755. The van der Waals surface area contributed by atoms with E-state index >= 15 is 0 Å². The van der Waals surface area contributed by atoms with Crippen molar-refractivity contribution in [3.05, 3.63) is 9.77 Å². The number of nitrogens with one attached hydrogen (secondary N) is 1. The molecule has 0 radical (unpaired) electrons. The summed E-state index contributed by atoms with van der Waals surface area (Å²) in [5.41, 5.74) is 0. The molecule has 1 N–H and O–H groups in total. The highest BCUT2D eigenvalue weighted by atomic mass is 127. The lowest BCUT2D eigenvalue weighted by Gasteiger charge is -1.88. The Hall–Kier alpha value is -0.260. The molecule has 0 fully saturated rings. The summed E-state index contributed by atoms with van der Waals surface area (Å²) < 4.78 is 5.84. The molecule has 1 aromatic rings. The van der Waals surface area contributed by atoms with Crippen LogP contribution in [0.25, 0.3) is 0 Å². The molecule has 0 aromatic carbocycles. The molecule has 0 aliphatic carbocycles. The average molecular weight is 224 g/mol. The van der Waals surface area contributed by atoms with E-state index in [1.165, 1.54) is 0 Å². The molecular weight excluding hydrogens is 219 g/mol. The average Bonchev–Trinajstić information content (AvgIpc) is 2.14. The Morgan fingerprint density at radius 2 is 2.62 bits per heavy atom. The molecule has 0 aliphatic rings. The van der Waals surface area contributed by atoms with E-state index in [0.29, 0.717) is 5.88 Å². The van der Waals surface area contributed by atoms with Gasteiger partial charge in [-0.3, -0.25) is 5.10 Å². The Balaban J connectivity index is 2.92. The van der Waals surface area contributed by atoms with Crippen LogP contribution in [0.1, 0.15) is 0 Å². The molecule has 0 amide bonds. The molecule has 1 rings (SSSR count). The minimum absolute atomic E-state index is 0.658. The second-order valence-electron chi connectivity index (χ2n) is 1.24. The van der Waals surface area contributed by atoms with Crippen molar-refractivity contribution in [2.24, 2.45) is 0 Å². The van der Waals surface area contributed by atoms with E-state index < -0.39 is 0 Å². The third kappa shape index (κ3) is 0.936. The summed E-state index contributed by atoms with van der Waals surface area (Å²) in [5.74, 6) is 0.658. The molecule has 0 bridgehead atoms. The number of aromatic nitrogens is 2. The van der Waals surface area contributed by atoms with Crippen molar-refractivity contribution in [1.29, 1.82) is 0 Å². The van der Waals surface area contributed by atoms with Gasteiger partial charge in [0.2, 0.25) is 5.88 Å². The second-order valence-corrected chi connectivity index (χ2v) is 2.40. The molecule has 1 aromatic heterocycles. The normalized spacial score (nSPS) is 9.25. The molecule has 0 spiro atoms. The molecule has 8 heavy (non-hydrogen) atoms. The van der Waals surface area contributed by atoms with Gasteiger partial charge in [0.1, 0.15) is 0 Å². The molecule has 0 saturated heterocycles. The molecule has 0 atom stereocenters. The van der Waals surface area contributed by atoms with Crippen LogP contribution in [0.3, 0.4) is 0 Å². The first-order chi connectivity index (χ1) is 3.84. The summed E-state index contributed by atoms with van der Waals surface area (Å²) in [6.07, 6.45) is 1.78. The Kier molecular flexibility index (Phi) is 1.72. The van der Waals surface area contributed by atoms with Crippen LogP contribution in [-0.2, 0) is 0 Å². The largest absolute Gasteiger partial charge is 0.479 e. The Labute approximate surface area is 60.6 Å². The Morgan fingerprint density at radius 3 is 2.88 bits per heavy atom. The Morgan fingerprint density at radius 1 is 1.88 bits per heavy atom. The van der Waals surface area contributed by atoms with E-state index in [1.54, 1.807) is 13.3 Å². The minimum atomic E-state index is 0.658. The van der Waals surface area contributed by atoms with Crippen molar-refractivity contribution in [2.75, 3.05) is 7.11 Å². The standard InChI is InChI=1S/C4H5IN2O/c1-8-4-3(5)2-6-7-4/h2H,1H3,(H,6,7). The van der Waals surface area contributed by atoms with E-state index in [4.69, 9.17) is 4.74 Å². The van der Waals surface area contributed by atoms with Gasteiger partial charge >= 0.3 is 0 Å². The van der Waals surface area contributed by atoms with Gasteiger partial charge in [-0.1, -0.05) is 0 Å². The lowest BCUT2D eigenvalue weighted by molar-refractivity contribution is 0.394. The third-order valence-corrected chi connectivity index (χ3v) is 1.53. The fourth-order valence-corrected chi connectivity index (χ4v) is 0.886. The van der Waals surface area contributed by atoms with Gasteiger partial charge in [-0.25, -0.2) is 0 Å². The molecule has 0 aliphatic heterocycles. The number of hydrogen-bond donors (Lipinski definition) is 1. The number of ether oxygens (including phenoxy) is 1. The van der Waals surface area contributed by atoms with Crippen molar-refractivity contribution < 1.29 is 4.74 Å². The topological polar surface area (TPSA) is 37.9 Å². The van der Waals surface area contributed by atoms with E-state index in [9.17, 15) is 0 Å². The number of rotatable bonds is 1. The number of nitrogens with zero attached hydrogens (tertiary/aromatic N) is 1. The van der Waals surface area contributed by atoms with E-state index in [1.807, 2.05) is 0 Å². The number of hydrogen-bond acceptors (Lipinski definition) is 2. The quantitative estimate of drug-likeness (QED) is 0.723. The molecule has 44 valence electrons. The van der Waals surface area contributed by atoms with Crippen molar-refractivity contribution in [1.82, 2.24) is 10.2 Å². The molecule has 4 heteroatoms. The predicted octanol–water partition coefficient (Wildman–Crippen LogP) is 1.02. The molecule has 0 saturated carbocycles. The summed E-state index contributed by atoms with van der Waals surface area (Å²) in [6.45, 7) is 0. The maximum atomic E-state index is 4.84. The van der Waals surface area contributed by atoms with Gasteiger partial charge < -0.3 is 4.74 Å². The SMILES string of the molecule is COc1n[nH]cc1I. The highest BCUT2D eigenvalue weighted by molar-refractivity contribution is 14.1. The maximum absolute atomic E-state index is 4.84. The Bertz CT molecular complexity index is 174. The van der Waals surface area contributed by atoms with Gasteiger partial charge in [0.15, 0.2) is 0 Å². The van der Waals surface area contributed by atoms with Crippen molar-refractivity contribution >= 4 is 22.6 Å². The van der Waals surface area contributed by atoms with Crippen molar-refractivity contribution in [3.8, 4) is 5.88 Å². The zero-order valence-corrected chi connectivity index (χ0v) is 6.47. The number of aromatic amines is 1. The summed E-state index contributed by atoms with van der Waals surface area (Å²) >= 11 is 2.14. The fraction of sp³-hybridized carbons (Fsp3) is 0.250. The molecule has 1 heterocycles. The van der Waals surface area contributed by atoms with E-state index in [2.05, 4.69) is 32.8 Å². The summed E-state index contributed by atoms with van der Waals surface area (Å²) in [5, 5.41) is 6.45. The van der Waals surface area contributed by atoms with Gasteiger partial charge in [-0.05, 0) is 22.6 Å². The smallest absolute Gasteiger partial charge is 0.245 e. The molecule has 3 nitrogen and oxygen atoms in total. The number of H-pyrrole nitrogens is 1. The lowest BCUT2D eigenvalue weighted by atomic mass is 10.7. The van der Waals surface area contributed by atoms with Crippen LogP contribution in [0.2, 0.25) is 0 Å². The van der Waals surface area contributed by atoms with Crippen LogP contribution in [-0.4, -0.2) is 17.3 Å². The zero-order valence-electron chi connectivity index (χ0n) is 4.31. The summed E-state index contributed by atoms with van der Waals surface area (Å²) in [6, 6.07) is 0. The van der Waals surface area contributed by atoms with Crippen molar-refractivity contribution in [3.63, 3.8) is 0 Å². The van der Waals surface area contributed by atoms with Gasteiger partial charge in [0.25, 0.3) is 0 Å². The van der Waals surface area contributed by atoms with Crippen LogP contribution in [0.15, 0.2) is 6.20 Å². The van der Waals surface area contributed by atoms with Crippen LogP contribution >= 0.6 is 22.6 Å². The monoisotopic (exact) mass is 224 g/mol. The maximum Gasteiger partial charge on any atom is 0.245 e. The van der Waals surface area contributed by atoms with Gasteiger partial charge in [0, 0.05) is 6.20 Å².